The van der Waals surface area contributed by atoms with Crippen molar-refractivity contribution < 1.29 is 4.74 Å². The molecule has 1 aliphatic rings. The van der Waals surface area contributed by atoms with Gasteiger partial charge in [-0.25, -0.2) is 4.98 Å². The summed E-state index contributed by atoms with van der Waals surface area (Å²) in [5.74, 6) is 0. The van der Waals surface area contributed by atoms with E-state index in [1.165, 1.54) is 0 Å². The second-order valence-corrected chi connectivity index (χ2v) is 6.32. The number of epoxide rings is 1. The van der Waals surface area contributed by atoms with E-state index in [2.05, 4.69) is 4.98 Å². The van der Waals surface area contributed by atoms with Gasteiger partial charge in [-0.15, -0.1) is 0 Å². The minimum Gasteiger partial charge on any atom is -0.363 e. The zero-order valence-electron chi connectivity index (χ0n) is 7.51. The van der Waals surface area contributed by atoms with Gasteiger partial charge < -0.3 is 4.74 Å². The molecule has 2 rings (SSSR count). The molecule has 1 aromatic rings. The molecule has 1 aliphatic heterocycles. The van der Waals surface area contributed by atoms with Gasteiger partial charge in [-0.3, -0.25) is 0 Å². The molecule has 2 heterocycles. The molecule has 6 heteroatoms. The average Bonchev–Trinajstić information content (AvgIpc) is 2.83. The van der Waals surface area contributed by atoms with Crippen molar-refractivity contribution in [2.45, 2.75) is 15.8 Å². The highest BCUT2D eigenvalue weighted by Gasteiger charge is 2.52. The van der Waals surface area contributed by atoms with Crippen molar-refractivity contribution in [1.82, 2.24) is 4.98 Å². The van der Waals surface area contributed by atoms with Crippen LogP contribution in [0.4, 0.5) is 0 Å². The maximum Gasteiger partial charge on any atom is 0.193 e. The van der Waals surface area contributed by atoms with Crippen LogP contribution in [0.3, 0.4) is 0 Å². The van der Waals surface area contributed by atoms with Crippen LogP contribution < -0.4 is 0 Å². The Kier molecular flexibility index (Phi) is 3.08. The van der Waals surface area contributed by atoms with Crippen molar-refractivity contribution in [3.63, 3.8) is 0 Å². The highest BCUT2D eigenvalue weighted by Crippen LogP contribution is 2.49. The van der Waals surface area contributed by atoms with E-state index in [0.717, 1.165) is 0 Å². The van der Waals surface area contributed by atoms with Crippen LogP contribution in [-0.4, -0.2) is 15.4 Å². The Morgan fingerprint density at radius 3 is 2.53 bits per heavy atom. The number of aromatic nitrogens is 1. The molecular formula is C9H7Cl4NO. The van der Waals surface area contributed by atoms with Crippen LogP contribution in [0.1, 0.15) is 12.1 Å². The number of hydrogen-bond acceptors (Lipinski definition) is 2. The lowest BCUT2D eigenvalue weighted by molar-refractivity contribution is 0.289. The lowest BCUT2D eigenvalue weighted by atomic mass is 10.0. The fraction of sp³-hybridized carbons (Fsp3) is 0.444. The molecule has 2 nitrogen and oxygen atoms in total. The number of hydrogen-bond donors (Lipinski definition) is 0. The molecule has 0 saturated carbocycles. The van der Waals surface area contributed by atoms with Gasteiger partial charge in [0.15, 0.2) is 3.79 Å². The van der Waals surface area contributed by atoms with E-state index in [0.29, 0.717) is 17.5 Å². The molecule has 1 unspecified atom stereocenters. The Morgan fingerprint density at radius 2 is 2.07 bits per heavy atom. The van der Waals surface area contributed by atoms with Crippen LogP contribution in [0.25, 0.3) is 0 Å². The molecule has 0 spiro atoms. The Balaban J connectivity index is 2.23. The van der Waals surface area contributed by atoms with Crippen molar-refractivity contribution in [2.75, 3.05) is 6.61 Å². The van der Waals surface area contributed by atoms with Gasteiger partial charge in [-0.2, -0.15) is 0 Å². The predicted molar refractivity (Wildman–Crippen MR) is 61.8 cm³/mol. The van der Waals surface area contributed by atoms with Crippen LogP contribution in [-0.2, 0) is 10.3 Å². The zero-order chi connectivity index (χ0) is 11.1. The summed E-state index contributed by atoms with van der Waals surface area (Å²) < 4.78 is 3.99. The van der Waals surface area contributed by atoms with E-state index in [4.69, 9.17) is 51.1 Å². The molecule has 0 radical (unpaired) electrons. The summed E-state index contributed by atoms with van der Waals surface area (Å²) in [7, 11) is 0. The second-order valence-electron chi connectivity index (χ2n) is 3.42. The molecule has 0 aromatic carbocycles. The first kappa shape index (κ1) is 11.7. The van der Waals surface area contributed by atoms with Crippen molar-refractivity contribution in [3.05, 3.63) is 29.0 Å². The maximum atomic E-state index is 5.78. The molecule has 0 aliphatic carbocycles. The van der Waals surface area contributed by atoms with Crippen LogP contribution in [0.2, 0.25) is 5.15 Å². The molecule has 0 N–H and O–H groups in total. The van der Waals surface area contributed by atoms with Crippen LogP contribution in [0.15, 0.2) is 18.2 Å². The first-order valence-corrected chi connectivity index (χ1v) is 5.76. The van der Waals surface area contributed by atoms with Gasteiger partial charge in [-0.05, 0) is 12.1 Å². The Hall–Kier alpha value is 0.270. The summed E-state index contributed by atoms with van der Waals surface area (Å²) in [4.78, 5) is 4.16. The normalized spacial score (nSPS) is 25.3. The second kappa shape index (κ2) is 3.94. The SMILES string of the molecule is Clc1cccc(C2(CC(Cl)(Cl)Cl)CO2)n1. The minimum absolute atomic E-state index is 0.276. The van der Waals surface area contributed by atoms with Crippen LogP contribution in [0, 0.1) is 0 Å². The highest BCUT2D eigenvalue weighted by molar-refractivity contribution is 6.67. The summed E-state index contributed by atoms with van der Waals surface area (Å²) in [5.41, 5.74) is 0.136. The quantitative estimate of drug-likeness (QED) is 0.470. The standard InChI is InChI=1S/C9H7Cl4NO/c10-7-3-1-2-6(14-7)8(5-15-8)4-9(11,12)13/h1-3H,4-5H2. The van der Waals surface area contributed by atoms with E-state index >= 15 is 0 Å². The first-order chi connectivity index (χ1) is 6.91. The predicted octanol–water partition coefficient (Wildman–Crippen LogP) is 3.72. The third-order valence-electron chi connectivity index (χ3n) is 2.16. The monoisotopic (exact) mass is 285 g/mol. The first-order valence-electron chi connectivity index (χ1n) is 4.25. The van der Waals surface area contributed by atoms with E-state index in [-0.39, 0.29) is 6.42 Å². The average molecular weight is 287 g/mol. The van der Waals surface area contributed by atoms with Gasteiger partial charge in [0.2, 0.25) is 0 Å². The molecule has 82 valence electrons. The molecular weight excluding hydrogens is 280 g/mol. The molecule has 1 saturated heterocycles. The zero-order valence-corrected chi connectivity index (χ0v) is 10.5. The highest BCUT2D eigenvalue weighted by atomic mass is 35.6. The number of rotatable bonds is 2. The van der Waals surface area contributed by atoms with Gasteiger partial charge in [-0.1, -0.05) is 52.5 Å². The smallest absolute Gasteiger partial charge is 0.193 e. The van der Waals surface area contributed by atoms with E-state index in [9.17, 15) is 0 Å². The van der Waals surface area contributed by atoms with Crippen LogP contribution in [0.5, 0.6) is 0 Å². The lowest BCUT2D eigenvalue weighted by Crippen LogP contribution is -2.19. The summed E-state index contributed by atoms with van der Waals surface area (Å²) in [6, 6.07) is 5.30. The van der Waals surface area contributed by atoms with E-state index < -0.39 is 9.39 Å². The molecule has 1 aromatic heterocycles. The summed E-state index contributed by atoms with van der Waals surface area (Å²) in [5, 5.41) is 0.409. The van der Waals surface area contributed by atoms with Gasteiger partial charge in [0.05, 0.1) is 12.3 Å². The van der Waals surface area contributed by atoms with Crippen molar-refractivity contribution in [2.24, 2.45) is 0 Å². The molecule has 15 heavy (non-hydrogen) atoms. The van der Waals surface area contributed by atoms with E-state index in [1.54, 1.807) is 12.1 Å². The Morgan fingerprint density at radius 1 is 1.40 bits per heavy atom. The fourth-order valence-corrected chi connectivity index (χ4v) is 2.22. The maximum absolute atomic E-state index is 5.78. The van der Waals surface area contributed by atoms with Crippen LogP contribution >= 0.6 is 46.4 Å². The molecule has 0 bridgehead atoms. The third-order valence-corrected chi connectivity index (χ3v) is 2.77. The Labute approximate surface area is 107 Å². The summed E-state index contributed by atoms with van der Waals surface area (Å²) >= 11 is 23.0. The number of nitrogens with zero attached hydrogens (tertiary/aromatic N) is 1. The summed E-state index contributed by atoms with van der Waals surface area (Å²) in [6.07, 6.45) is 0.276. The Bertz CT molecular complexity index is 373. The van der Waals surface area contributed by atoms with E-state index in [1.807, 2.05) is 6.07 Å². The van der Waals surface area contributed by atoms with Gasteiger partial charge in [0.25, 0.3) is 0 Å². The number of halogens is 4. The molecule has 1 atom stereocenters. The minimum atomic E-state index is -1.35. The van der Waals surface area contributed by atoms with Crippen molar-refractivity contribution >= 4 is 46.4 Å². The van der Waals surface area contributed by atoms with Gasteiger partial charge in [0.1, 0.15) is 10.8 Å². The van der Waals surface area contributed by atoms with Crippen molar-refractivity contribution in [1.29, 1.82) is 0 Å². The fourth-order valence-electron chi connectivity index (χ4n) is 1.41. The van der Waals surface area contributed by atoms with Crippen molar-refractivity contribution in [3.8, 4) is 0 Å². The summed E-state index contributed by atoms with van der Waals surface area (Å²) in [6.45, 7) is 0.508. The topological polar surface area (TPSA) is 25.4 Å². The van der Waals surface area contributed by atoms with Gasteiger partial charge in [0, 0.05) is 6.42 Å². The number of alkyl halides is 3. The molecule has 1 fully saturated rings. The number of pyridine rings is 1. The largest absolute Gasteiger partial charge is 0.363 e. The number of ether oxygens (including phenoxy) is 1. The third kappa shape index (κ3) is 2.89. The van der Waals surface area contributed by atoms with Gasteiger partial charge >= 0.3 is 0 Å². The lowest BCUT2D eigenvalue weighted by Gasteiger charge is -2.17. The molecule has 0 amide bonds.